The number of rotatable bonds is 4. The van der Waals surface area contributed by atoms with Gasteiger partial charge in [0.1, 0.15) is 0 Å². The van der Waals surface area contributed by atoms with E-state index in [-0.39, 0.29) is 5.82 Å². The zero-order valence-electron chi connectivity index (χ0n) is 9.38. The lowest BCUT2D eigenvalue weighted by molar-refractivity contribution is 0.364. The number of piperidine rings is 1. The van der Waals surface area contributed by atoms with Gasteiger partial charge in [-0.05, 0) is 50.4 Å². The Labute approximate surface area is 95.5 Å². The zero-order valence-corrected chi connectivity index (χ0v) is 9.38. The van der Waals surface area contributed by atoms with Gasteiger partial charge >= 0.3 is 0 Å². The summed E-state index contributed by atoms with van der Waals surface area (Å²) in [5.74, 6) is 0.809. The van der Waals surface area contributed by atoms with Gasteiger partial charge in [-0.25, -0.2) is 9.37 Å². The van der Waals surface area contributed by atoms with E-state index in [4.69, 9.17) is 0 Å². The summed E-state index contributed by atoms with van der Waals surface area (Å²) < 4.78 is 13.2. The van der Waals surface area contributed by atoms with Gasteiger partial charge in [-0.1, -0.05) is 0 Å². The topological polar surface area (TPSA) is 37.0 Å². The molecule has 1 atom stereocenters. The van der Waals surface area contributed by atoms with Crippen molar-refractivity contribution in [3.05, 3.63) is 24.1 Å². The van der Waals surface area contributed by atoms with Gasteiger partial charge in [0.2, 0.25) is 0 Å². The molecule has 2 rings (SSSR count). The van der Waals surface area contributed by atoms with Crippen LogP contribution >= 0.6 is 0 Å². The second-order valence-corrected chi connectivity index (χ2v) is 4.26. The Balaban J connectivity index is 1.73. The summed E-state index contributed by atoms with van der Waals surface area (Å²) in [5, 5.41) is 6.42. The summed E-state index contributed by atoms with van der Waals surface area (Å²) >= 11 is 0. The van der Waals surface area contributed by atoms with Crippen molar-refractivity contribution < 1.29 is 4.39 Å². The third kappa shape index (κ3) is 3.17. The number of hydrogen-bond acceptors (Lipinski definition) is 3. The molecule has 1 aromatic rings. The van der Waals surface area contributed by atoms with E-state index in [0.29, 0.717) is 11.7 Å². The Morgan fingerprint density at radius 1 is 1.56 bits per heavy atom. The number of aromatic nitrogens is 1. The lowest BCUT2D eigenvalue weighted by Crippen LogP contribution is -2.30. The van der Waals surface area contributed by atoms with E-state index >= 15 is 0 Å². The van der Waals surface area contributed by atoms with Crippen molar-refractivity contribution >= 4 is 5.82 Å². The van der Waals surface area contributed by atoms with E-state index in [1.807, 2.05) is 0 Å². The minimum absolute atomic E-state index is 0.274. The van der Waals surface area contributed by atoms with Crippen molar-refractivity contribution in [1.82, 2.24) is 10.3 Å². The second kappa shape index (κ2) is 5.80. The van der Waals surface area contributed by atoms with Crippen molar-refractivity contribution in [1.29, 1.82) is 0 Å². The molecule has 0 amide bonds. The highest BCUT2D eigenvalue weighted by Crippen LogP contribution is 2.15. The molecule has 0 radical (unpaired) electrons. The molecule has 16 heavy (non-hydrogen) atoms. The fourth-order valence-electron chi connectivity index (χ4n) is 2.08. The summed E-state index contributed by atoms with van der Waals surface area (Å²) in [7, 11) is 0. The zero-order chi connectivity index (χ0) is 11.2. The molecule has 4 heteroatoms. The molecule has 1 aliphatic heterocycles. The van der Waals surface area contributed by atoms with Gasteiger partial charge in [-0.2, -0.15) is 0 Å². The van der Waals surface area contributed by atoms with Crippen LogP contribution in [0, 0.1) is 11.7 Å². The normalized spacial score (nSPS) is 20.7. The molecule has 0 aromatic carbocycles. The quantitative estimate of drug-likeness (QED) is 0.820. The lowest BCUT2D eigenvalue weighted by atomic mass is 9.96. The van der Waals surface area contributed by atoms with E-state index in [9.17, 15) is 4.39 Å². The molecule has 1 aliphatic rings. The third-order valence-electron chi connectivity index (χ3n) is 3.00. The predicted molar refractivity (Wildman–Crippen MR) is 62.9 cm³/mol. The Morgan fingerprint density at radius 3 is 3.25 bits per heavy atom. The average molecular weight is 223 g/mol. The lowest BCUT2D eigenvalue weighted by Gasteiger charge is -2.22. The summed E-state index contributed by atoms with van der Waals surface area (Å²) in [6.45, 7) is 3.02. The number of halogens is 1. The fraction of sp³-hybridized carbons (Fsp3) is 0.583. The van der Waals surface area contributed by atoms with Crippen LogP contribution in [0.25, 0.3) is 0 Å². The summed E-state index contributed by atoms with van der Waals surface area (Å²) in [6.07, 6.45) is 5.21. The number of nitrogens with one attached hydrogen (secondary N) is 2. The molecule has 2 heterocycles. The highest BCUT2D eigenvalue weighted by molar-refractivity contribution is 5.35. The molecule has 3 nitrogen and oxygen atoms in total. The van der Waals surface area contributed by atoms with Gasteiger partial charge in [0.25, 0.3) is 0 Å². The van der Waals surface area contributed by atoms with Gasteiger partial charge in [0, 0.05) is 12.7 Å². The predicted octanol–water partition coefficient (Wildman–Crippen LogP) is 2.02. The molecular weight excluding hydrogens is 205 g/mol. The molecule has 1 unspecified atom stereocenters. The SMILES string of the molecule is Fc1cccnc1NCCC1CCCNC1. The molecule has 0 spiro atoms. The molecule has 2 N–H and O–H groups in total. The largest absolute Gasteiger partial charge is 0.368 e. The van der Waals surface area contributed by atoms with Crippen LogP contribution in [0.2, 0.25) is 0 Å². The van der Waals surface area contributed by atoms with Crippen molar-refractivity contribution in [2.45, 2.75) is 19.3 Å². The van der Waals surface area contributed by atoms with Crippen LogP contribution in [0.3, 0.4) is 0 Å². The average Bonchev–Trinajstić information content (AvgIpc) is 2.33. The van der Waals surface area contributed by atoms with E-state index in [2.05, 4.69) is 15.6 Å². The smallest absolute Gasteiger partial charge is 0.165 e. The molecule has 1 saturated heterocycles. The number of nitrogens with zero attached hydrogens (tertiary/aromatic N) is 1. The maximum Gasteiger partial charge on any atom is 0.165 e. The van der Waals surface area contributed by atoms with Gasteiger partial charge < -0.3 is 10.6 Å². The van der Waals surface area contributed by atoms with Crippen LogP contribution in [-0.4, -0.2) is 24.6 Å². The van der Waals surface area contributed by atoms with Crippen molar-refractivity contribution in [3.8, 4) is 0 Å². The standard InChI is InChI=1S/C12H18FN3/c13-11-4-2-7-15-12(11)16-8-5-10-3-1-6-14-9-10/h2,4,7,10,14H,1,3,5-6,8-9H2,(H,15,16). The molecule has 0 aliphatic carbocycles. The van der Waals surface area contributed by atoms with Gasteiger partial charge in [-0.3, -0.25) is 0 Å². The maximum absolute atomic E-state index is 13.2. The summed E-state index contributed by atoms with van der Waals surface area (Å²) in [5.41, 5.74) is 0. The first kappa shape index (κ1) is 11.3. The summed E-state index contributed by atoms with van der Waals surface area (Å²) in [4.78, 5) is 3.96. The van der Waals surface area contributed by atoms with Gasteiger partial charge in [-0.15, -0.1) is 0 Å². The second-order valence-electron chi connectivity index (χ2n) is 4.26. The van der Waals surface area contributed by atoms with Crippen LogP contribution in [0.1, 0.15) is 19.3 Å². The Kier molecular flexibility index (Phi) is 4.10. The number of anilines is 1. The fourth-order valence-corrected chi connectivity index (χ4v) is 2.08. The first-order valence-corrected chi connectivity index (χ1v) is 5.91. The van der Waals surface area contributed by atoms with Crippen molar-refractivity contribution in [2.75, 3.05) is 25.0 Å². The molecule has 0 saturated carbocycles. The Morgan fingerprint density at radius 2 is 2.50 bits per heavy atom. The van der Waals surface area contributed by atoms with Crippen LogP contribution in [0.4, 0.5) is 10.2 Å². The highest BCUT2D eigenvalue weighted by Gasteiger charge is 2.12. The number of hydrogen-bond donors (Lipinski definition) is 2. The minimum atomic E-state index is -0.274. The van der Waals surface area contributed by atoms with Crippen molar-refractivity contribution in [2.24, 2.45) is 5.92 Å². The molecular formula is C12H18FN3. The van der Waals surface area contributed by atoms with Crippen molar-refractivity contribution in [3.63, 3.8) is 0 Å². The summed E-state index contributed by atoms with van der Waals surface area (Å²) in [6, 6.07) is 3.03. The van der Waals surface area contributed by atoms with E-state index in [1.165, 1.54) is 18.9 Å². The highest BCUT2D eigenvalue weighted by atomic mass is 19.1. The van der Waals surface area contributed by atoms with Crippen LogP contribution in [0.5, 0.6) is 0 Å². The van der Waals surface area contributed by atoms with Gasteiger partial charge in [0.05, 0.1) is 0 Å². The first-order valence-electron chi connectivity index (χ1n) is 5.91. The monoisotopic (exact) mass is 223 g/mol. The van der Waals surface area contributed by atoms with E-state index in [1.54, 1.807) is 12.3 Å². The van der Waals surface area contributed by atoms with Crippen LogP contribution < -0.4 is 10.6 Å². The molecule has 88 valence electrons. The van der Waals surface area contributed by atoms with E-state index < -0.39 is 0 Å². The van der Waals surface area contributed by atoms with E-state index in [0.717, 1.165) is 26.1 Å². The molecule has 1 aromatic heterocycles. The minimum Gasteiger partial charge on any atom is -0.368 e. The first-order chi connectivity index (χ1) is 7.86. The van der Waals surface area contributed by atoms with Crippen LogP contribution in [0.15, 0.2) is 18.3 Å². The van der Waals surface area contributed by atoms with Gasteiger partial charge in [0.15, 0.2) is 11.6 Å². The molecule has 1 fully saturated rings. The van der Waals surface area contributed by atoms with Crippen LogP contribution in [-0.2, 0) is 0 Å². The Bertz CT molecular complexity index is 324. The third-order valence-corrected chi connectivity index (χ3v) is 3.00. The maximum atomic E-state index is 13.2. The Hall–Kier alpha value is -1.16. The molecule has 0 bridgehead atoms. The number of pyridine rings is 1.